The molecule has 1 heterocycles. The third-order valence-electron chi connectivity index (χ3n) is 2.65. The van der Waals surface area contributed by atoms with Gasteiger partial charge in [-0.15, -0.1) is 0 Å². The summed E-state index contributed by atoms with van der Waals surface area (Å²) >= 11 is 0. The number of carbonyl (C=O) groups is 2. The van der Waals surface area contributed by atoms with Crippen LogP contribution in [0.1, 0.15) is 17.3 Å². The van der Waals surface area contributed by atoms with Crippen molar-refractivity contribution in [3.8, 4) is 11.5 Å². The zero-order chi connectivity index (χ0) is 13.8. The summed E-state index contributed by atoms with van der Waals surface area (Å²) in [5, 5.41) is 8.48. The summed E-state index contributed by atoms with van der Waals surface area (Å²) in [4.78, 5) is 22.1. The first-order valence-corrected chi connectivity index (χ1v) is 5.91. The highest BCUT2D eigenvalue weighted by molar-refractivity contribution is 6.07. The Bertz CT molecular complexity index is 533. The molecule has 19 heavy (non-hydrogen) atoms. The molecule has 1 aromatic carbocycles. The average molecular weight is 262 g/mol. The van der Waals surface area contributed by atoms with Crippen molar-refractivity contribution in [2.75, 3.05) is 13.2 Å². The molecule has 1 N–H and O–H groups in total. The fraction of sp³-hybridized carbons (Fsp3) is 0.286. The lowest BCUT2D eigenvalue weighted by Gasteiger charge is -2.07. The first-order chi connectivity index (χ1) is 9.06. The Morgan fingerprint density at radius 2 is 1.89 bits per heavy atom. The van der Waals surface area contributed by atoms with E-state index in [0.29, 0.717) is 30.3 Å². The first-order valence-electron chi connectivity index (χ1n) is 5.91. The van der Waals surface area contributed by atoms with Crippen molar-refractivity contribution in [1.82, 2.24) is 0 Å². The maximum atomic E-state index is 11.7. The zero-order valence-corrected chi connectivity index (χ0v) is 10.5. The van der Waals surface area contributed by atoms with Gasteiger partial charge in [-0.1, -0.05) is 6.92 Å². The number of carbonyl (C=O) groups excluding carboxylic acids is 1. The van der Waals surface area contributed by atoms with Crippen molar-refractivity contribution in [3.05, 3.63) is 35.9 Å². The monoisotopic (exact) mass is 262 g/mol. The molecule has 1 aliphatic heterocycles. The molecule has 0 aromatic heterocycles. The first kappa shape index (κ1) is 13.1. The highest BCUT2D eigenvalue weighted by atomic mass is 16.5. The van der Waals surface area contributed by atoms with Gasteiger partial charge < -0.3 is 14.6 Å². The molecule has 5 nitrogen and oxygen atoms in total. The van der Waals surface area contributed by atoms with Crippen molar-refractivity contribution in [2.24, 2.45) is 5.92 Å². The molecule has 1 atom stereocenters. The molecule has 1 aromatic rings. The molecule has 0 saturated carbocycles. The van der Waals surface area contributed by atoms with Crippen molar-refractivity contribution >= 4 is 11.8 Å². The van der Waals surface area contributed by atoms with Gasteiger partial charge in [0.1, 0.15) is 0 Å². The molecule has 0 spiro atoms. The van der Waals surface area contributed by atoms with E-state index in [9.17, 15) is 9.59 Å². The van der Waals surface area contributed by atoms with Gasteiger partial charge in [-0.3, -0.25) is 4.79 Å². The fourth-order valence-corrected chi connectivity index (χ4v) is 1.65. The molecule has 100 valence electrons. The lowest BCUT2D eigenvalue weighted by molar-refractivity contribution is -0.131. The Kier molecular flexibility index (Phi) is 3.85. The largest absolute Gasteiger partial charge is 0.489 e. The predicted molar refractivity (Wildman–Crippen MR) is 67.7 cm³/mol. The van der Waals surface area contributed by atoms with Crippen LogP contribution >= 0.6 is 0 Å². The molecule has 5 heteroatoms. The van der Waals surface area contributed by atoms with Gasteiger partial charge in [-0.05, 0) is 24.3 Å². The molecule has 0 radical (unpaired) electrons. The summed E-state index contributed by atoms with van der Waals surface area (Å²) in [5.41, 5.74) is 0.370. The van der Waals surface area contributed by atoms with E-state index in [-0.39, 0.29) is 11.7 Å². The number of fused-ring (bicyclic) bond motifs is 1. The number of rotatable bonds is 3. The number of carboxylic acids is 1. The molecular weight excluding hydrogens is 248 g/mol. The number of hydrogen-bond donors (Lipinski definition) is 1. The zero-order valence-electron chi connectivity index (χ0n) is 10.5. The van der Waals surface area contributed by atoms with Crippen LogP contribution in [0.3, 0.4) is 0 Å². The molecule has 2 rings (SSSR count). The molecule has 0 saturated heterocycles. The second kappa shape index (κ2) is 5.56. The van der Waals surface area contributed by atoms with E-state index in [0.717, 1.165) is 12.2 Å². The Morgan fingerprint density at radius 3 is 2.58 bits per heavy atom. The quantitative estimate of drug-likeness (QED) is 0.665. The number of carboxylic acid groups (broad SMARTS) is 1. The topological polar surface area (TPSA) is 72.8 Å². The van der Waals surface area contributed by atoms with E-state index in [2.05, 4.69) is 0 Å². The van der Waals surface area contributed by atoms with Crippen LogP contribution in [-0.2, 0) is 4.79 Å². The van der Waals surface area contributed by atoms with Gasteiger partial charge in [0.2, 0.25) is 0 Å². The lowest BCUT2D eigenvalue weighted by Crippen LogP contribution is -2.12. The molecule has 0 aliphatic carbocycles. The number of ether oxygens (including phenoxy) is 2. The van der Waals surface area contributed by atoms with Crippen LogP contribution in [0.4, 0.5) is 0 Å². The minimum atomic E-state index is -1.16. The molecule has 1 unspecified atom stereocenters. The van der Waals surface area contributed by atoms with Crippen molar-refractivity contribution in [3.63, 3.8) is 0 Å². The molecular formula is C14H14O5. The summed E-state index contributed by atoms with van der Waals surface area (Å²) in [6.07, 6.45) is 1.83. The second-order valence-corrected chi connectivity index (χ2v) is 4.42. The van der Waals surface area contributed by atoms with Crippen molar-refractivity contribution < 1.29 is 24.2 Å². The third-order valence-corrected chi connectivity index (χ3v) is 2.65. The predicted octanol–water partition coefficient (Wildman–Crippen LogP) is 1.92. The minimum Gasteiger partial charge on any atom is -0.489 e. The smallest absolute Gasteiger partial charge is 0.328 e. The summed E-state index contributed by atoms with van der Waals surface area (Å²) in [6, 6.07) is 4.82. The number of aliphatic carboxylic acids is 1. The Balaban J connectivity index is 2.21. The summed E-state index contributed by atoms with van der Waals surface area (Å²) in [6.45, 7) is 3.10. The Hall–Kier alpha value is -2.30. The van der Waals surface area contributed by atoms with Gasteiger partial charge >= 0.3 is 5.97 Å². The van der Waals surface area contributed by atoms with E-state index in [1.54, 1.807) is 18.2 Å². The SMILES string of the molecule is CC1COc2ccc(C(=O)C=CC(=O)O)cc2OC1. The van der Waals surface area contributed by atoms with Crippen LogP contribution in [-0.4, -0.2) is 30.1 Å². The highest BCUT2D eigenvalue weighted by Gasteiger charge is 2.16. The van der Waals surface area contributed by atoms with Gasteiger partial charge in [0.25, 0.3) is 0 Å². The van der Waals surface area contributed by atoms with Crippen LogP contribution in [0.15, 0.2) is 30.4 Å². The number of benzene rings is 1. The lowest BCUT2D eigenvalue weighted by atomic mass is 10.1. The van der Waals surface area contributed by atoms with Gasteiger partial charge in [0, 0.05) is 17.6 Å². The minimum absolute atomic E-state index is 0.276. The number of ketones is 1. The average Bonchev–Trinajstić information content (AvgIpc) is 2.58. The van der Waals surface area contributed by atoms with Crippen LogP contribution < -0.4 is 9.47 Å². The summed E-state index contributed by atoms with van der Waals surface area (Å²) in [5.74, 6) is -0.150. The van der Waals surface area contributed by atoms with E-state index < -0.39 is 5.97 Å². The van der Waals surface area contributed by atoms with Gasteiger partial charge in [0.15, 0.2) is 17.3 Å². The molecule has 0 amide bonds. The van der Waals surface area contributed by atoms with Crippen LogP contribution in [0, 0.1) is 5.92 Å². The van der Waals surface area contributed by atoms with E-state index in [4.69, 9.17) is 14.6 Å². The summed E-state index contributed by atoms with van der Waals surface area (Å²) in [7, 11) is 0. The van der Waals surface area contributed by atoms with Gasteiger partial charge in [-0.25, -0.2) is 4.79 Å². The molecule has 0 fully saturated rings. The van der Waals surface area contributed by atoms with Crippen LogP contribution in [0.2, 0.25) is 0 Å². The second-order valence-electron chi connectivity index (χ2n) is 4.42. The normalized spacial score (nSPS) is 18.1. The molecule has 1 aliphatic rings. The van der Waals surface area contributed by atoms with E-state index >= 15 is 0 Å². The van der Waals surface area contributed by atoms with Crippen molar-refractivity contribution in [1.29, 1.82) is 0 Å². The maximum Gasteiger partial charge on any atom is 0.328 e. The van der Waals surface area contributed by atoms with Gasteiger partial charge in [-0.2, -0.15) is 0 Å². The Labute approximate surface area is 110 Å². The van der Waals surface area contributed by atoms with Gasteiger partial charge in [0.05, 0.1) is 13.2 Å². The standard InChI is InChI=1S/C14H14O5/c1-9-7-18-12-4-2-10(6-13(12)19-8-9)11(15)3-5-14(16)17/h2-6,9H,7-8H2,1H3,(H,16,17). The highest BCUT2D eigenvalue weighted by Crippen LogP contribution is 2.31. The van der Waals surface area contributed by atoms with Crippen molar-refractivity contribution in [2.45, 2.75) is 6.92 Å². The third kappa shape index (κ3) is 3.34. The molecule has 0 bridgehead atoms. The van der Waals surface area contributed by atoms with Crippen LogP contribution in [0.25, 0.3) is 0 Å². The Morgan fingerprint density at radius 1 is 1.21 bits per heavy atom. The number of allylic oxidation sites excluding steroid dienone is 1. The summed E-state index contributed by atoms with van der Waals surface area (Å²) < 4.78 is 11.1. The van der Waals surface area contributed by atoms with Crippen LogP contribution in [0.5, 0.6) is 11.5 Å². The van der Waals surface area contributed by atoms with E-state index in [1.807, 2.05) is 6.92 Å². The fourth-order valence-electron chi connectivity index (χ4n) is 1.65. The maximum absolute atomic E-state index is 11.7. The number of hydrogen-bond acceptors (Lipinski definition) is 4. The van der Waals surface area contributed by atoms with E-state index in [1.165, 1.54) is 0 Å².